The van der Waals surface area contributed by atoms with Crippen molar-refractivity contribution >= 4 is 17.7 Å². The highest BCUT2D eigenvalue weighted by Crippen LogP contribution is 2.28. The van der Waals surface area contributed by atoms with Crippen LogP contribution in [0.3, 0.4) is 0 Å². The number of thioether (sulfide) groups is 1. The van der Waals surface area contributed by atoms with Crippen LogP contribution in [-0.2, 0) is 0 Å². The number of halogens is 2. The Labute approximate surface area is 141 Å². The summed E-state index contributed by atoms with van der Waals surface area (Å²) in [6.45, 7) is 2.46. The van der Waals surface area contributed by atoms with E-state index in [-0.39, 0.29) is 5.92 Å². The Kier molecular flexibility index (Phi) is 6.69. The summed E-state index contributed by atoms with van der Waals surface area (Å²) in [5, 5.41) is 7.39. The zero-order valence-electron chi connectivity index (χ0n) is 13.9. The summed E-state index contributed by atoms with van der Waals surface area (Å²) < 4.78 is 26.8. The van der Waals surface area contributed by atoms with Gasteiger partial charge in [0.2, 0.25) is 0 Å². The third kappa shape index (κ3) is 5.09. The number of hydrogen-bond donors (Lipinski definition) is 2. The maximum absolute atomic E-state index is 13.8. The number of hydrogen-bond acceptors (Lipinski definition) is 2. The van der Waals surface area contributed by atoms with Gasteiger partial charge in [0, 0.05) is 36.9 Å². The van der Waals surface area contributed by atoms with E-state index in [1.165, 1.54) is 18.6 Å². The van der Waals surface area contributed by atoms with Gasteiger partial charge in [0.05, 0.1) is 0 Å². The van der Waals surface area contributed by atoms with Gasteiger partial charge in [-0.2, -0.15) is 11.8 Å². The number of benzene rings is 1. The summed E-state index contributed by atoms with van der Waals surface area (Å²) in [5.74, 6) is -0.378. The molecule has 1 aromatic rings. The number of aliphatic imine (C=N–C) groups is 1. The summed E-state index contributed by atoms with van der Waals surface area (Å²) in [4.78, 5) is 4.24. The zero-order valence-corrected chi connectivity index (χ0v) is 14.7. The lowest BCUT2D eigenvalue weighted by atomic mass is 10.0. The summed E-state index contributed by atoms with van der Waals surface area (Å²) in [6.07, 6.45) is 5.67. The van der Waals surface area contributed by atoms with E-state index in [1.54, 1.807) is 7.05 Å². The molecule has 0 aliphatic heterocycles. The highest BCUT2D eigenvalue weighted by Gasteiger charge is 2.24. The third-order valence-electron chi connectivity index (χ3n) is 4.35. The Hall–Kier alpha value is -1.30. The molecule has 0 spiro atoms. The van der Waals surface area contributed by atoms with Gasteiger partial charge in [-0.1, -0.05) is 13.0 Å². The molecule has 0 heterocycles. The van der Waals surface area contributed by atoms with Crippen molar-refractivity contribution in [3.63, 3.8) is 0 Å². The van der Waals surface area contributed by atoms with Crippen LogP contribution in [0.15, 0.2) is 23.2 Å². The lowest BCUT2D eigenvalue weighted by molar-refractivity contribution is 0.553. The summed E-state index contributed by atoms with van der Waals surface area (Å²) >= 11 is 1.92. The van der Waals surface area contributed by atoms with Gasteiger partial charge in [0.15, 0.2) is 5.96 Å². The standard InChI is InChI=1S/C17H25F2N3S/c1-11(15-7-4-12(18)8-16(15)19)10-21-17(20-2)22-13-5-6-14(9-13)23-3/h4,7-8,11,13-14H,5-6,9-10H2,1-3H3,(H2,20,21,22). The summed E-state index contributed by atoms with van der Waals surface area (Å²) in [5.41, 5.74) is 0.512. The Bertz CT molecular complexity index is 551. The van der Waals surface area contributed by atoms with E-state index in [0.717, 1.165) is 30.1 Å². The van der Waals surface area contributed by atoms with E-state index in [4.69, 9.17) is 0 Å². The molecule has 0 amide bonds. The topological polar surface area (TPSA) is 36.4 Å². The normalized spacial score (nSPS) is 22.9. The first-order chi connectivity index (χ1) is 11.0. The molecule has 0 aromatic heterocycles. The molecule has 2 rings (SSSR count). The van der Waals surface area contributed by atoms with E-state index in [9.17, 15) is 8.78 Å². The molecule has 0 radical (unpaired) electrons. The second kappa shape index (κ2) is 8.52. The van der Waals surface area contributed by atoms with Crippen LogP contribution in [-0.4, -0.2) is 37.1 Å². The van der Waals surface area contributed by atoms with Crippen LogP contribution < -0.4 is 10.6 Å². The number of nitrogens with zero attached hydrogens (tertiary/aromatic N) is 1. The number of guanidine groups is 1. The molecule has 6 heteroatoms. The molecule has 1 fully saturated rings. The summed E-state index contributed by atoms with van der Waals surface area (Å²) in [7, 11) is 1.74. The van der Waals surface area contributed by atoms with Gasteiger partial charge in [-0.25, -0.2) is 8.78 Å². The van der Waals surface area contributed by atoms with Crippen molar-refractivity contribution in [3.8, 4) is 0 Å². The molecule has 3 atom stereocenters. The van der Waals surface area contributed by atoms with Crippen molar-refractivity contribution < 1.29 is 8.78 Å². The highest BCUT2D eigenvalue weighted by atomic mass is 32.2. The van der Waals surface area contributed by atoms with Crippen LogP contribution in [0.1, 0.15) is 37.7 Å². The molecule has 23 heavy (non-hydrogen) atoms. The van der Waals surface area contributed by atoms with E-state index >= 15 is 0 Å². The van der Waals surface area contributed by atoms with Crippen LogP contribution in [0.2, 0.25) is 0 Å². The fourth-order valence-corrected chi connectivity index (χ4v) is 3.73. The van der Waals surface area contributed by atoms with Gasteiger partial charge in [0.1, 0.15) is 11.6 Å². The molecule has 3 nitrogen and oxygen atoms in total. The van der Waals surface area contributed by atoms with Gasteiger partial charge >= 0.3 is 0 Å². The van der Waals surface area contributed by atoms with E-state index in [2.05, 4.69) is 21.9 Å². The Balaban J connectivity index is 1.85. The Morgan fingerprint density at radius 1 is 1.39 bits per heavy atom. The fraction of sp³-hybridized carbons (Fsp3) is 0.588. The molecule has 2 N–H and O–H groups in total. The van der Waals surface area contributed by atoms with E-state index < -0.39 is 11.6 Å². The monoisotopic (exact) mass is 341 g/mol. The van der Waals surface area contributed by atoms with Crippen molar-refractivity contribution in [2.24, 2.45) is 4.99 Å². The Morgan fingerprint density at radius 3 is 2.78 bits per heavy atom. The minimum Gasteiger partial charge on any atom is -0.356 e. The predicted molar refractivity (Wildman–Crippen MR) is 94.2 cm³/mol. The van der Waals surface area contributed by atoms with Crippen LogP contribution >= 0.6 is 11.8 Å². The van der Waals surface area contributed by atoms with Gasteiger partial charge in [-0.15, -0.1) is 0 Å². The number of nitrogens with one attached hydrogen (secondary N) is 2. The van der Waals surface area contributed by atoms with Crippen molar-refractivity contribution in [2.75, 3.05) is 19.8 Å². The second-order valence-corrected chi connectivity index (χ2v) is 7.17. The van der Waals surface area contributed by atoms with Crippen molar-refractivity contribution in [3.05, 3.63) is 35.4 Å². The van der Waals surface area contributed by atoms with Gasteiger partial charge in [0.25, 0.3) is 0 Å². The molecule has 3 unspecified atom stereocenters. The maximum atomic E-state index is 13.8. The number of rotatable bonds is 5. The summed E-state index contributed by atoms with van der Waals surface area (Å²) in [6, 6.07) is 4.17. The molecule has 1 aromatic carbocycles. The average Bonchev–Trinajstić information content (AvgIpc) is 2.98. The van der Waals surface area contributed by atoms with E-state index in [0.29, 0.717) is 18.2 Å². The SMILES string of the molecule is CN=C(NCC(C)c1ccc(F)cc1F)NC1CCC(SC)C1. The van der Waals surface area contributed by atoms with Crippen molar-refractivity contribution in [1.29, 1.82) is 0 Å². The first kappa shape index (κ1) is 18.0. The van der Waals surface area contributed by atoms with Crippen molar-refractivity contribution in [1.82, 2.24) is 10.6 Å². The molecular formula is C17H25F2N3S. The van der Waals surface area contributed by atoms with Crippen LogP contribution in [0.5, 0.6) is 0 Å². The molecular weight excluding hydrogens is 316 g/mol. The molecule has 128 valence electrons. The quantitative estimate of drug-likeness (QED) is 0.635. The lowest BCUT2D eigenvalue weighted by Crippen LogP contribution is -2.43. The lowest BCUT2D eigenvalue weighted by Gasteiger charge is -2.20. The van der Waals surface area contributed by atoms with Crippen molar-refractivity contribution in [2.45, 2.75) is 43.4 Å². The minimum absolute atomic E-state index is 0.0725. The largest absolute Gasteiger partial charge is 0.356 e. The maximum Gasteiger partial charge on any atom is 0.191 e. The first-order valence-electron chi connectivity index (χ1n) is 7.98. The van der Waals surface area contributed by atoms with Gasteiger partial charge in [-0.3, -0.25) is 4.99 Å². The van der Waals surface area contributed by atoms with E-state index in [1.807, 2.05) is 18.7 Å². The smallest absolute Gasteiger partial charge is 0.191 e. The molecule has 1 saturated carbocycles. The average molecular weight is 341 g/mol. The molecule has 1 aliphatic rings. The zero-order chi connectivity index (χ0) is 16.8. The molecule has 0 bridgehead atoms. The second-order valence-electron chi connectivity index (χ2n) is 6.03. The predicted octanol–water partition coefficient (Wildman–Crippen LogP) is 3.52. The minimum atomic E-state index is -0.548. The van der Waals surface area contributed by atoms with Crippen LogP contribution in [0, 0.1) is 11.6 Å². The fourth-order valence-electron chi connectivity index (χ4n) is 2.93. The molecule has 1 aliphatic carbocycles. The first-order valence-corrected chi connectivity index (χ1v) is 9.27. The van der Waals surface area contributed by atoms with Crippen LogP contribution in [0.4, 0.5) is 8.78 Å². The van der Waals surface area contributed by atoms with Gasteiger partial charge in [-0.05, 0) is 37.1 Å². The van der Waals surface area contributed by atoms with Gasteiger partial charge < -0.3 is 10.6 Å². The third-order valence-corrected chi connectivity index (χ3v) is 5.45. The van der Waals surface area contributed by atoms with Crippen LogP contribution in [0.25, 0.3) is 0 Å². The Morgan fingerprint density at radius 2 is 2.17 bits per heavy atom. The highest BCUT2D eigenvalue weighted by molar-refractivity contribution is 7.99. The molecule has 0 saturated heterocycles.